The minimum atomic E-state index is 0.0828. The van der Waals surface area contributed by atoms with Crippen molar-refractivity contribution in [3.05, 3.63) is 0 Å². The zero-order chi connectivity index (χ0) is 7.40. The smallest absolute Gasteiger partial charge is 0.233 e. The molecule has 0 spiro atoms. The summed E-state index contributed by atoms with van der Waals surface area (Å²) in [6, 6.07) is 0. The van der Waals surface area contributed by atoms with E-state index >= 15 is 0 Å². The minimum Gasteiger partial charge on any atom is -0.395 e. The molecule has 0 atom stereocenters. The first-order valence-corrected chi connectivity index (χ1v) is 3.54. The Labute approximate surface area is 62.1 Å². The number of aliphatic hydroxyl groups excluding tert-OH is 1. The average Bonchev–Trinajstić information content (AvgIpc) is 2.31. The molecule has 0 aliphatic carbocycles. The molecular weight excluding hydrogens is 152 g/mol. The molecule has 56 valence electrons. The summed E-state index contributed by atoms with van der Waals surface area (Å²) in [4.78, 5) is 3.81. The van der Waals surface area contributed by atoms with Crippen LogP contribution in [-0.2, 0) is 0 Å². The molecule has 10 heavy (non-hydrogen) atoms. The summed E-state index contributed by atoms with van der Waals surface area (Å²) in [5.41, 5.74) is 5.24. The van der Waals surface area contributed by atoms with Crippen LogP contribution in [0.25, 0.3) is 0 Å². The molecule has 0 saturated carbocycles. The lowest BCUT2D eigenvalue weighted by Gasteiger charge is -1.94. The number of rotatable bonds is 3. The number of hydrogen-bond acceptors (Lipinski definition) is 6. The van der Waals surface area contributed by atoms with E-state index in [0.29, 0.717) is 11.7 Å². The molecule has 4 N–H and O–H groups in total. The molecule has 6 heteroatoms. The van der Waals surface area contributed by atoms with Crippen molar-refractivity contribution in [2.45, 2.75) is 0 Å². The highest BCUT2D eigenvalue weighted by molar-refractivity contribution is 7.09. The number of nitrogens with two attached hydrogens (primary N) is 1. The highest BCUT2D eigenvalue weighted by atomic mass is 32.1. The summed E-state index contributed by atoms with van der Waals surface area (Å²) in [5.74, 6) is 0.269. The maximum Gasteiger partial charge on any atom is 0.233 e. The summed E-state index contributed by atoms with van der Waals surface area (Å²) in [7, 11) is 0. The van der Waals surface area contributed by atoms with Crippen molar-refractivity contribution < 1.29 is 5.11 Å². The Morgan fingerprint density at radius 2 is 2.50 bits per heavy atom. The van der Waals surface area contributed by atoms with Crippen LogP contribution in [0.15, 0.2) is 0 Å². The number of hydrogen-bond donors (Lipinski definition) is 3. The van der Waals surface area contributed by atoms with E-state index in [1.165, 1.54) is 11.5 Å². The van der Waals surface area contributed by atoms with Gasteiger partial charge in [0.05, 0.1) is 6.61 Å². The zero-order valence-electron chi connectivity index (χ0n) is 5.24. The van der Waals surface area contributed by atoms with Gasteiger partial charge in [0, 0.05) is 18.1 Å². The Hall–Kier alpha value is -0.880. The minimum absolute atomic E-state index is 0.0828. The van der Waals surface area contributed by atoms with Gasteiger partial charge < -0.3 is 16.2 Å². The number of anilines is 2. The molecule has 0 aliphatic heterocycles. The number of nitrogen functional groups attached to an aromatic ring is 1. The lowest BCUT2D eigenvalue weighted by atomic mass is 10.7. The van der Waals surface area contributed by atoms with E-state index in [-0.39, 0.29) is 12.6 Å². The third-order valence-corrected chi connectivity index (χ3v) is 1.52. The van der Waals surface area contributed by atoms with Crippen LogP contribution in [0.5, 0.6) is 0 Å². The molecule has 0 radical (unpaired) electrons. The van der Waals surface area contributed by atoms with Crippen molar-refractivity contribution in [2.75, 3.05) is 24.2 Å². The summed E-state index contributed by atoms with van der Waals surface area (Å²) < 4.78 is 3.73. The molecule has 0 fully saturated rings. The molecule has 0 aromatic carbocycles. The number of nitrogens with one attached hydrogen (secondary N) is 1. The van der Waals surface area contributed by atoms with Crippen LogP contribution in [-0.4, -0.2) is 27.6 Å². The summed E-state index contributed by atoms with van der Waals surface area (Å²) in [6.45, 7) is 0.564. The van der Waals surface area contributed by atoms with E-state index in [2.05, 4.69) is 14.7 Å². The van der Waals surface area contributed by atoms with Gasteiger partial charge in [0.15, 0.2) is 0 Å². The van der Waals surface area contributed by atoms with E-state index < -0.39 is 0 Å². The first-order valence-electron chi connectivity index (χ1n) is 2.77. The van der Waals surface area contributed by atoms with Gasteiger partial charge in [-0.3, -0.25) is 0 Å². The van der Waals surface area contributed by atoms with Gasteiger partial charge in [-0.25, -0.2) is 0 Å². The van der Waals surface area contributed by atoms with Gasteiger partial charge >= 0.3 is 0 Å². The summed E-state index contributed by atoms with van der Waals surface area (Å²) in [5, 5.41) is 11.9. The topological polar surface area (TPSA) is 84.1 Å². The van der Waals surface area contributed by atoms with Crippen LogP contribution in [0.3, 0.4) is 0 Å². The van der Waals surface area contributed by atoms with E-state index in [0.717, 1.165) is 0 Å². The van der Waals surface area contributed by atoms with Crippen LogP contribution in [0.4, 0.5) is 11.1 Å². The molecule has 1 heterocycles. The quantitative estimate of drug-likeness (QED) is 0.556. The molecule has 1 aromatic heterocycles. The highest BCUT2D eigenvalue weighted by Crippen LogP contribution is 2.10. The normalized spacial score (nSPS) is 9.70. The van der Waals surface area contributed by atoms with Crippen LogP contribution in [0.1, 0.15) is 0 Å². The second-order valence-electron chi connectivity index (χ2n) is 1.61. The standard InChI is InChI=1S/C4H8N4OS/c5-3-7-4(10-8-3)6-1-2-9/h9H,1-2H2,(H3,5,6,7,8). The predicted octanol–water partition coefficient (Wildman–Crippen LogP) is -0.476. The van der Waals surface area contributed by atoms with Crippen molar-refractivity contribution in [1.82, 2.24) is 9.36 Å². The second-order valence-corrected chi connectivity index (χ2v) is 2.36. The lowest BCUT2D eigenvalue weighted by molar-refractivity contribution is 0.311. The zero-order valence-corrected chi connectivity index (χ0v) is 6.06. The molecule has 0 amide bonds. The van der Waals surface area contributed by atoms with E-state index in [4.69, 9.17) is 10.8 Å². The number of aromatic nitrogens is 2. The molecule has 0 aliphatic rings. The number of nitrogens with zero attached hydrogens (tertiary/aromatic N) is 2. The Morgan fingerprint density at radius 3 is 3.00 bits per heavy atom. The van der Waals surface area contributed by atoms with Crippen molar-refractivity contribution in [3.8, 4) is 0 Å². The monoisotopic (exact) mass is 160 g/mol. The van der Waals surface area contributed by atoms with Crippen molar-refractivity contribution in [3.63, 3.8) is 0 Å². The largest absolute Gasteiger partial charge is 0.395 e. The molecule has 0 saturated heterocycles. The first-order chi connectivity index (χ1) is 4.83. The SMILES string of the molecule is Nc1nsc(NCCO)n1. The fourth-order valence-electron chi connectivity index (χ4n) is 0.470. The molecule has 1 aromatic rings. The third kappa shape index (κ3) is 1.82. The van der Waals surface area contributed by atoms with Crippen LogP contribution >= 0.6 is 11.5 Å². The number of aliphatic hydroxyl groups is 1. The fourth-order valence-corrected chi connectivity index (χ4v) is 0.991. The van der Waals surface area contributed by atoms with Gasteiger partial charge in [-0.05, 0) is 0 Å². The average molecular weight is 160 g/mol. The molecule has 0 bridgehead atoms. The van der Waals surface area contributed by atoms with Gasteiger partial charge in [0.2, 0.25) is 11.1 Å². The van der Waals surface area contributed by atoms with Crippen LogP contribution in [0, 0.1) is 0 Å². The predicted molar refractivity (Wildman–Crippen MR) is 39.9 cm³/mol. The lowest BCUT2D eigenvalue weighted by Crippen LogP contribution is -2.04. The Morgan fingerprint density at radius 1 is 1.70 bits per heavy atom. The molecule has 5 nitrogen and oxygen atoms in total. The summed E-state index contributed by atoms with van der Waals surface area (Å²) in [6.07, 6.45) is 0. The van der Waals surface area contributed by atoms with Gasteiger partial charge in [0.25, 0.3) is 0 Å². The molecular formula is C4H8N4OS. The second kappa shape index (κ2) is 3.33. The van der Waals surface area contributed by atoms with E-state index in [1.807, 2.05) is 0 Å². The highest BCUT2D eigenvalue weighted by Gasteiger charge is 1.96. The van der Waals surface area contributed by atoms with E-state index in [9.17, 15) is 0 Å². The summed E-state index contributed by atoms with van der Waals surface area (Å²) >= 11 is 1.18. The molecule has 0 unspecified atom stereocenters. The molecule has 1 rings (SSSR count). The van der Waals surface area contributed by atoms with Crippen LogP contribution in [0.2, 0.25) is 0 Å². The van der Waals surface area contributed by atoms with Gasteiger partial charge in [-0.15, -0.1) is 0 Å². The van der Waals surface area contributed by atoms with Crippen molar-refractivity contribution in [2.24, 2.45) is 0 Å². The van der Waals surface area contributed by atoms with Crippen LogP contribution < -0.4 is 11.1 Å². The maximum absolute atomic E-state index is 8.40. The van der Waals surface area contributed by atoms with Gasteiger partial charge in [-0.2, -0.15) is 9.36 Å². The Kier molecular flexibility index (Phi) is 2.41. The van der Waals surface area contributed by atoms with Crippen molar-refractivity contribution >= 4 is 22.6 Å². The van der Waals surface area contributed by atoms with Gasteiger partial charge in [0.1, 0.15) is 0 Å². The Balaban J connectivity index is 2.42. The fraction of sp³-hybridized carbons (Fsp3) is 0.500. The van der Waals surface area contributed by atoms with E-state index in [1.54, 1.807) is 0 Å². The first kappa shape index (κ1) is 7.23. The van der Waals surface area contributed by atoms with Gasteiger partial charge in [-0.1, -0.05) is 0 Å². The third-order valence-electron chi connectivity index (χ3n) is 0.830. The Bertz CT molecular complexity index is 201. The van der Waals surface area contributed by atoms with Crippen molar-refractivity contribution in [1.29, 1.82) is 0 Å². The maximum atomic E-state index is 8.40.